The molecular weight excluding hydrogens is 258 g/mol. The normalized spacial score (nSPS) is 18.4. The summed E-state index contributed by atoms with van der Waals surface area (Å²) in [5, 5.41) is 21.6. The Labute approximate surface area is 116 Å². The van der Waals surface area contributed by atoms with Gasteiger partial charge in [0.05, 0.1) is 38.1 Å². The summed E-state index contributed by atoms with van der Waals surface area (Å²) < 4.78 is 7.64. The summed E-state index contributed by atoms with van der Waals surface area (Å²) in [4.78, 5) is 2.06. The highest BCUT2D eigenvalue weighted by molar-refractivity contribution is 5.37. The van der Waals surface area contributed by atoms with Crippen molar-refractivity contribution in [3.05, 3.63) is 23.3 Å². The van der Waals surface area contributed by atoms with Crippen LogP contribution < -0.4 is 4.90 Å². The van der Waals surface area contributed by atoms with Crippen LogP contribution in [0.3, 0.4) is 0 Å². The SMILES string of the molecule is OCCn1ncc2c1CN(c1nnc(C3CCC3)o1)C2. The molecule has 1 fully saturated rings. The zero-order valence-corrected chi connectivity index (χ0v) is 11.2. The molecule has 0 saturated heterocycles. The maximum atomic E-state index is 9.03. The van der Waals surface area contributed by atoms with Gasteiger partial charge in [-0.3, -0.25) is 4.68 Å². The lowest BCUT2D eigenvalue weighted by atomic mass is 9.85. The summed E-state index contributed by atoms with van der Waals surface area (Å²) in [5.74, 6) is 1.24. The molecule has 106 valence electrons. The van der Waals surface area contributed by atoms with Crippen LogP contribution in [0.5, 0.6) is 0 Å². The molecule has 1 aliphatic heterocycles. The van der Waals surface area contributed by atoms with E-state index in [1.165, 1.54) is 12.0 Å². The molecule has 0 atom stereocenters. The topological polar surface area (TPSA) is 80.2 Å². The third kappa shape index (κ3) is 1.81. The monoisotopic (exact) mass is 275 g/mol. The minimum Gasteiger partial charge on any atom is -0.408 e. The van der Waals surface area contributed by atoms with Gasteiger partial charge in [-0.05, 0) is 12.8 Å². The zero-order valence-electron chi connectivity index (χ0n) is 11.2. The van der Waals surface area contributed by atoms with E-state index >= 15 is 0 Å². The lowest BCUT2D eigenvalue weighted by Crippen LogP contribution is -2.17. The summed E-state index contributed by atoms with van der Waals surface area (Å²) in [6, 6.07) is 0.596. The van der Waals surface area contributed by atoms with Gasteiger partial charge in [-0.15, -0.1) is 5.10 Å². The van der Waals surface area contributed by atoms with E-state index in [0.717, 1.165) is 31.0 Å². The van der Waals surface area contributed by atoms with E-state index < -0.39 is 0 Å². The fraction of sp³-hybridized carbons (Fsp3) is 0.615. The summed E-state index contributed by atoms with van der Waals surface area (Å²) >= 11 is 0. The largest absolute Gasteiger partial charge is 0.408 e. The van der Waals surface area contributed by atoms with Crippen molar-refractivity contribution in [3.8, 4) is 0 Å². The number of hydrogen-bond acceptors (Lipinski definition) is 6. The summed E-state index contributed by atoms with van der Waals surface area (Å²) in [5.41, 5.74) is 2.30. The summed E-state index contributed by atoms with van der Waals surface area (Å²) in [7, 11) is 0. The standard InChI is InChI=1S/C13H17N5O2/c19-5-4-18-11-8-17(7-10(11)6-14-18)13-16-15-12(20-13)9-2-1-3-9/h6,9,19H,1-5,7-8H2. The maximum Gasteiger partial charge on any atom is 0.318 e. The average molecular weight is 275 g/mol. The smallest absolute Gasteiger partial charge is 0.318 e. The van der Waals surface area contributed by atoms with Gasteiger partial charge >= 0.3 is 6.01 Å². The first-order valence-corrected chi connectivity index (χ1v) is 7.08. The van der Waals surface area contributed by atoms with E-state index in [9.17, 15) is 0 Å². The molecule has 2 aromatic heterocycles. The highest BCUT2D eigenvalue weighted by Gasteiger charge is 2.30. The van der Waals surface area contributed by atoms with E-state index in [1.54, 1.807) is 0 Å². The molecule has 0 unspecified atom stereocenters. The van der Waals surface area contributed by atoms with Gasteiger partial charge in [0.25, 0.3) is 0 Å². The molecule has 1 saturated carbocycles. The van der Waals surface area contributed by atoms with Crippen molar-refractivity contribution in [2.45, 2.75) is 44.8 Å². The van der Waals surface area contributed by atoms with Crippen LogP contribution in [0.15, 0.2) is 10.6 Å². The van der Waals surface area contributed by atoms with Gasteiger partial charge < -0.3 is 14.4 Å². The average Bonchev–Trinajstić information content (AvgIpc) is 3.03. The lowest BCUT2D eigenvalue weighted by molar-refractivity contribution is 0.267. The number of nitrogens with zero attached hydrogens (tertiary/aromatic N) is 5. The van der Waals surface area contributed by atoms with Crippen molar-refractivity contribution in [3.63, 3.8) is 0 Å². The Morgan fingerprint density at radius 3 is 2.95 bits per heavy atom. The van der Waals surface area contributed by atoms with Crippen LogP contribution in [0.4, 0.5) is 6.01 Å². The zero-order chi connectivity index (χ0) is 13.5. The minimum atomic E-state index is 0.0977. The third-order valence-corrected chi connectivity index (χ3v) is 4.20. The molecular formula is C13H17N5O2. The Kier molecular flexibility index (Phi) is 2.73. The number of aliphatic hydroxyl groups excluding tert-OH is 1. The van der Waals surface area contributed by atoms with Crippen LogP contribution in [-0.2, 0) is 19.6 Å². The molecule has 2 aliphatic rings. The molecule has 3 heterocycles. The Hall–Kier alpha value is -1.89. The molecule has 1 aliphatic carbocycles. The molecule has 2 aromatic rings. The molecule has 0 amide bonds. The van der Waals surface area contributed by atoms with Gasteiger partial charge in [0.2, 0.25) is 5.89 Å². The predicted molar refractivity (Wildman–Crippen MR) is 70.1 cm³/mol. The number of fused-ring (bicyclic) bond motifs is 1. The second kappa shape index (κ2) is 4.59. The van der Waals surface area contributed by atoms with Gasteiger partial charge in [-0.2, -0.15) is 5.10 Å². The third-order valence-electron chi connectivity index (χ3n) is 4.20. The number of aromatic nitrogens is 4. The Bertz CT molecular complexity index is 616. The quantitative estimate of drug-likeness (QED) is 0.898. The van der Waals surface area contributed by atoms with Crippen LogP contribution in [0, 0.1) is 0 Å². The molecule has 0 bridgehead atoms. The first kappa shape index (κ1) is 11.9. The van der Waals surface area contributed by atoms with Crippen molar-refractivity contribution in [1.82, 2.24) is 20.0 Å². The molecule has 0 aromatic carbocycles. The Balaban J connectivity index is 1.52. The Morgan fingerprint density at radius 2 is 2.20 bits per heavy atom. The van der Waals surface area contributed by atoms with Gasteiger partial charge in [0.1, 0.15) is 0 Å². The van der Waals surface area contributed by atoms with Gasteiger partial charge in [-0.1, -0.05) is 11.5 Å². The van der Waals surface area contributed by atoms with Crippen LogP contribution in [-0.4, -0.2) is 31.7 Å². The Morgan fingerprint density at radius 1 is 1.30 bits per heavy atom. The van der Waals surface area contributed by atoms with E-state index in [4.69, 9.17) is 9.52 Å². The number of aliphatic hydroxyl groups is 1. The van der Waals surface area contributed by atoms with Crippen LogP contribution in [0.25, 0.3) is 0 Å². The van der Waals surface area contributed by atoms with Crippen molar-refractivity contribution < 1.29 is 9.52 Å². The van der Waals surface area contributed by atoms with Crippen LogP contribution in [0.2, 0.25) is 0 Å². The van der Waals surface area contributed by atoms with Crippen molar-refractivity contribution >= 4 is 6.01 Å². The molecule has 7 heteroatoms. The molecule has 0 radical (unpaired) electrons. The van der Waals surface area contributed by atoms with E-state index in [-0.39, 0.29) is 6.61 Å². The number of hydrogen-bond donors (Lipinski definition) is 1. The van der Waals surface area contributed by atoms with E-state index in [1.807, 2.05) is 10.9 Å². The second-order valence-corrected chi connectivity index (χ2v) is 5.47. The predicted octanol–water partition coefficient (Wildman–Crippen LogP) is 1.05. The molecule has 20 heavy (non-hydrogen) atoms. The molecule has 1 N–H and O–H groups in total. The molecule has 0 spiro atoms. The summed E-state index contributed by atoms with van der Waals surface area (Å²) in [6.07, 6.45) is 5.43. The number of rotatable bonds is 4. The van der Waals surface area contributed by atoms with Crippen molar-refractivity contribution in [2.75, 3.05) is 11.5 Å². The highest BCUT2D eigenvalue weighted by Crippen LogP contribution is 2.37. The first-order chi connectivity index (χ1) is 9.85. The molecule has 4 rings (SSSR count). The highest BCUT2D eigenvalue weighted by atomic mass is 16.4. The van der Waals surface area contributed by atoms with Crippen molar-refractivity contribution in [2.24, 2.45) is 0 Å². The maximum absolute atomic E-state index is 9.03. The van der Waals surface area contributed by atoms with Gasteiger partial charge in [0.15, 0.2) is 0 Å². The van der Waals surface area contributed by atoms with Gasteiger partial charge in [-0.25, -0.2) is 0 Å². The number of anilines is 1. The fourth-order valence-corrected chi connectivity index (χ4v) is 2.80. The van der Waals surface area contributed by atoms with E-state index in [2.05, 4.69) is 20.2 Å². The lowest BCUT2D eigenvalue weighted by Gasteiger charge is -2.21. The summed E-state index contributed by atoms with van der Waals surface area (Å²) in [6.45, 7) is 2.08. The van der Waals surface area contributed by atoms with Gasteiger partial charge in [0, 0.05) is 11.5 Å². The van der Waals surface area contributed by atoms with Crippen LogP contribution >= 0.6 is 0 Å². The fourth-order valence-electron chi connectivity index (χ4n) is 2.80. The molecule has 7 nitrogen and oxygen atoms in total. The minimum absolute atomic E-state index is 0.0977. The second-order valence-electron chi connectivity index (χ2n) is 5.47. The van der Waals surface area contributed by atoms with Crippen molar-refractivity contribution in [1.29, 1.82) is 0 Å². The first-order valence-electron chi connectivity index (χ1n) is 7.08. The van der Waals surface area contributed by atoms with E-state index in [0.29, 0.717) is 25.0 Å². The van der Waals surface area contributed by atoms with Crippen LogP contribution in [0.1, 0.15) is 42.3 Å².